The van der Waals surface area contributed by atoms with Gasteiger partial charge >= 0.3 is 0 Å². The fourth-order valence-electron chi connectivity index (χ4n) is 2.51. The molecule has 0 spiro atoms. The van der Waals surface area contributed by atoms with Gasteiger partial charge in [-0.1, -0.05) is 12.1 Å². The van der Waals surface area contributed by atoms with Crippen molar-refractivity contribution < 1.29 is 0 Å². The predicted molar refractivity (Wildman–Crippen MR) is 115 cm³/mol. The Morgan fingerprint density at radius 2 is 2.08 bits per heavy atom. The molecule has 25 heavy (non-hydrogen) atoms. The second-order valence-corrected chi connectivity index (χ2v) is 6.82. The summed E-state index contributed by atoms with van der Waals surface area (Å²) in [5.41, 5.74) is 2.22. The molecule has 0 atom stereocenters. The molecule has 134 valence electrons. The van der Waals surface area contributed by atoms with Gasteiger partial charge in [-0.15, -0.1) is 35.3 Å². The second kappa shape index (κ2) is 9.71. The zero-order valence-corrected chi connectivity index (χ0v) is 17.5. The molecular weight excluding hydrogens is 447 g/mol. The van der Waals surface area contributed by atoms with E-state index >= 15 is 0 Å². The molecule has 3 aromatic rings. The van der Waals surface area contributed by atoms with E-state index in [1.165, 1.54) is 10.4 Å². The molecule has 2 N–H and O–H groups in total. The van der Waals surface area contributed by atoms with Gasteiger partial charge in [-0.3, -0.25) is 4.99 Å². The summed E-state index contributed by atoms with van der Waals surface area (Å²) in [6, 6.07) is 8.20. The summed E-state index contributed by atoms with van der Waals surface area (Å²) in [5, 5.41) is 7.70. The van der Waals surface area contributed by atoms with Crippen molar-refractivity contribution in [3.8, 4) is 0 Å². The number of thiazole rings is 1. The SMILES string of the molecule is CN=C(NCCCn1cnc2ccccc21)NCc1ncc(C)s1.I. The van der Waals surface area contributed by atoms with Crippen molar-refractivity contribution in [2.45, 2.75) is 26.4 Å². The van der Waals surface area contributed by atoms with E-state index in [4.69, 9.17) is 0 Å². The van der Waals surface area contributed by atoms with Crippen LogP contribution in [0.2, 0.25) is 0 Å². The van der Waals surface area contributed by atoms with E-state index in [9.17, 15) is 0 Å². The molecule has 0 aliphatic carbocycles. The van der Waals surface area contributed by atoms with E-state index in [1.807, 2.05) is 30.7 Å². The maximum atomic E-state index is 4.41. The number of aromatic nitrogens is 3. The van der Waals surface area contributed by atoms with Gasteiger partial charge in [0.2, 0.25) is 0 Å². The van der Waals surface area contributed by atoms with E-state index in [0.717, 1.165) is 36.0 Å². The van der Waals surface area contributed by atoms with Gasteiger partial charge in [0.05, 0.1) is 23.9 Å². The van der Waals surface area contributed by atoms with Gasteiger partial charge in [-0.2, -0.15) is 0 Å². The van der Waals surface area contributed by atoms with Crippen LogP contribution in [-0.2, 0) is 13.1 Å². The lowest BCUT2D eigenvalue weighted by molar-refractivity contribution is 0.637. The van der Waals surface area contributed by atoms with Crippen LogP contribution in [0.4, 0.5) is 0 Å². The third-order valence-electron chi connectivity index (χ3n) is 3.70. The third kappa shape index (κ3) is 5.40. The smallest absolute Gasteiger partial charge is 0.191 e. The fourth-order valence-corrected chi connectivity index (χ4v) is 3.23. The van der Waals surface area contributed by atoms with Gasteiger partial charge in [-0.05, 0) is 25.5 Å². The van der Waals surface area contributed by atoms with Crippen LogP contribution >= 0.6 is 35.3 Å². The maximum Gasteiger partial charge on any atom is 0.191 e. The Morgan fingerprint density at radius 1 is 1.24 bits per heavy atom. The number of hydrogen-bond acceptors (Lipinski definition) is 4. The fraction of sp³-hybridized carbons (Fsp3) is 0.353. The number of nitrogens with one attached hydrogen (secondary N) is 2. The molecule has 0 amide bonds. The van der Waals surface area contributed by atoms with Crippen molar-refractivity contribution in [1.29, 1.82) is 0 Å². The Bertz CT molecular complexity index is 825. The topological polar surface area (TPSA) is 67.1 Å². The summed E-state index contributed by atoms with van der Waals surface area (Å²) in [4.78, 5) is 14.2. The van der Waals surface area contributed by atoms with Crippen LogP contribution < -0.4 is 10.6 Å². The lowest BCUT2D eigenvalue weighted by Crippen LogP contribution is -2.37. The first-order valence-electron chi connectivity index (χ1n) is 8.02. The number of imidazole rings is 1. The van der Waals surface area contributed by atoms with Crippen LogP contribution in [0.5, 0.6) is 0 Å². The summed E-state index contributed by atoms with van der Waals surface area (Å²) >= 11 is 1.70. The van der Waals surface area contributed by atoms with Gasteiger partial charge in [0.25, 0.3) is 0 Å². The monoisotopic (exact) mass is 470 g/mol. The molecule has 2 heterocycles. The van der Waals surface area contributed by atoms with E-state index in [0.29, 0.717) is 6.54 Å². The second-order valence-electron chi connectivity index (χ2n) is 5.50. The molecule has 0 saturated carbocycles. The highest BCUT2D eigenvalue weighted by atomic mass is 127. The normalized spacial score (nSPS) is 11.4. The van der Waals surface area contributed by atoms with Crippen molar-refractivity contribution in [3.63, 3.8) is 0 Å². The summed E-state index contributed by atoms with van der Waals surface area (Å²) in [5.74, 6) is 0.804. The van der Waals surface area contributed by atoms with E-state index in [-0.39, 0.29) is 24.0 Å². The van der Waals surface area contributed by atoms with Gasteiger partial charge in [0.15, 0.2) is 5.96 Å². The minimum absolute atomic E-state index is 0. The van der Waals surface area contributed by atoms with Crippen molar-refractivity contribution in [3.05, 3.63) is 46.7 Å². The summed E-state index contributed by atoms with van der Waals surface area (Å²) in [7, 11) is 1.78. The lowest BCUT2D eigenvalue weighted by Gasteiger charge is -2.11. The maximum absolute atomic E-state index is 4.41. The molecule has 1 aromatic carbocycles. The highest BCUT2D eigenvalue weighted by molar-refractivity contribution is 14.0. The van der Waals surface area contributed by atoms with Gasteiger partial charge in [0, 0.05) is 31.2 Å². The van der Waals surface area contributed by atoms with Crippen molar-refractivity contribution >= 4 is 52.3 Å². The summed E-state index contributed by atoms with van der Waals surface area (Å²) in [6.45, 7) is 4.54. The number of guanidine groups is 1. The van der Waals surface area contributed by atoms with Crippen molar-refractivity contribution in [1.82, 2.24) is 25.2 Å². The van der Waals surface area contributed by atoms with Gasteiger partial charge < -0.3 is 15.2 Å². The molecule has 8 heteroatoms. The first-order chi connectivity index (χ1) is 11.8. The number of para-hydroxylation sites is 2. The molecular formula is C17H23IN6S. The summed E-state index contributed by atoms with van der Waals surface area (Å²) < 4.78 is 2.19. The molecule has 0 fully saturated rings. The lowest BCUT2D eigenvalue weighted by atomic mass is 10.3. The molecule has 0 radical (unpaired) electrons. The predicted octanol–water partition coefficient (Wildman–Crippen LogP) is 3.17. The summed E-state index contributed by atoms with van der Waals surface area (Å²) in [6.07, 6.45) is 4.80. The third-order valence-corrected chi connectivity index (χ3v) is 4.61. The zero-order chi connectivity index (χ0) is 16.8. The average Bonchev–Trinajstić information content (AvgIpc) is 3.20. The van der Waals surface area contributed by atoms with Crippen LogP contribution in [0.1, 0.15) is 16.3 Å². The molecule has 2 aromatic heterocycles. The Kier molecular flexibility index (Phi) is 7.63. The molecule has 0 unspecified atom stereocenters. The van der Waals surface area contributed by atoms with Crippen LogP contribution in [0.3, 0.4) is 0 Å². The first-order valence-corrected chi connectivity index (χ1v) is 8.83. The molecule has 6 nitrogen and oxygen atoms in total. The van der Waals surface area contributed by atoms with Crippen molar-refractivity contribution in [2.75, 3.05) is 13.6 Å². The number of fused-ring (bicyclic) bond motifs is 1. The van der Waals surface area contributed by atoms with Crippen LogP contribution in [0.25, 0.3) is 11.0 Å². The molecule has 0 bridgehead atoms. The largest absolute Gasteiger partial charge is 0.356 e. The highest BCUT2D eigenvalue weighted by Crippen LogP contribution is 2.12. The average molecular weight is 470 g/mol. The van der Waals surface area contributed by atoms with E-state index < -0.39 is 0 Å². The Morgan fingerprint density at radius 3 is 2.84 bits per heavy atom. The number of halogens is 1. The van der Waals surface area contributed by atoms with E-state index in [2.05, 4.69) is 43.2 Å². The van der Waals surface area contributed by atoms with Gasteiger partial charge in [0.1, 0.15) is 5.01 Å². The minimum atomic E-state index is 0. The Balaban J connectivity index is 0.00000225. The molecule has 0 saturated heterocycles. The Labute approximate surface area is 168 Å². The van der Waals surface area contributed by atoms with Crippen LogP contribution in [0.15, 0.2) is 41.8 Å². The number of rotatable bonds is 6. The van der Waals surface area contributed by atoms with Gasteiger partial charge in [-0.25, -0.2) is 9.97 Å². The Hall–Kier alpha value is -1.68. The standard InChI is InChI=1S/C17H22N6S.HI/c1-13-10-20-16(24-13)11-21-17(18-2)19-8-5-9-23-12-22-14-6-3-4-7-15(14)23;/h3-4,6-7,10,12H,5,8-9,11H2,1-2H3,(H2,18,19,21);1H. The van der Waals surface area contributed by atoms with Crippen LogP contribution in [0, 0.1) is 6.92 Å². The molecule has 0 aliphatic heterocycles. The van der Waals surface area contributed by atoms with Crippen molar-refractivity contribution in [2.24, 2.45) is 4.99 Å². The first kappa shape index (κ1) is 19.6. The molecule has 3 rings (SSSR count). The number of aliphatic imine (C=N–C) groups is 1. The molecule has 0 aliphatic rings. The highest BCUT2D eigenvalue weighted by Gasteiger charge is 2.03. The number of hydrogen-bond donors (Lipinski definition) is 2. The van der Waals surface area contributed by atoms with E-state index in [1.54, 1.807) is 18.4 Å². The zero-order valence-electron chi connectivity index (χ0n) is 14.4. The quantitative estimate of drug-likeness (QED) is 0.252. The number of benzene rings is 1. The number of aryl methyl sites for hydroxylation is 2. The number of nitrogens with zero attached hydrogens (tertiary/aromatic N) is 4. The minimum Gasteiger partial charge on any atom is -0.356 e. The van der Waals surface area contributed by atoms with Crippen LogP contribution in [-0.4, -0.2) is 34.1 Å².